The molecule has 88 valence electrons. The summed E-state index contributed by atoms with van der Waals surface area (Å²) in [7, 11) is 0. The highest BCUT2D eigenvalue weighted by Gasteiger charge is 2.28. The first-order chi connectivity index (χ1) is 7.05. The van der Waals surface area contributed by atoms with E-state index >= 15 is 0 Å². The van der Waals surface area contributed by atoms with Gasteiger partial charge in [-0.25, -0.2) is 0 Å². The largest absolute Gasteiger partial charge is 0.396 e. The van der Waals surface area contributed by atoms with E-state index < -0.39 is 0 Å². The second-order valence-corrected chi connectivity index (χ2v) is 5.06. The lowest BCUT2D eigenvalue weighted by Gasteiger charge is -2.21. The Balaban J connectivity index is 1.94. The lowest BCUT2D eigenvalue weighted by atomic mass is 9.95. The fourth-order valence-corrected chi connectivity index (χ4v) is 1.25. The van der Waals surface area contributed by atoms with Crippen molar-refractivity contribution in [3.8, 4) is 0 Å². The Morgan fingerprint density at radius 1 is 1.40 bits per heavy atom. The van der Waals surface area contributed by atoms with Gasteiger partial charge in [-0.2, -0.15) is 0 Å². The number of hydrogen-bond donors (Lipinski definition) is 3. The van der Waals surface area contributed by atoms with Gasteiger partial charge < -0.3 is 15.7 Å². The number of aliphatic hydroxyl groups excluding tert-OH is 1. The first kappa shape index (κ1) is 12.5. The highest BCUT2D eigenvalue weighted by Crippen LogP contribution is 2.28. The average Bonchev–Trinajstić information content (AvgIpc) is 3.00. The van der Waals surface area contributed by atoms with Crippen molar-refractivity contribution in [2.45, 2.75) is 26.7 Å². The van der Waals surface area contributed by atoms with Gasteiger partial charge in [0.1, 0.15) is 0 Å². The molecule has 1 amide bonds. The summed E-state index contributed by atoms with van der Waals surface area (Å²) in [6, 6.07) is 0. The van der Waals surface area contributed by atoms with Crippen molar-refractivity contribution >= 4 is 5.91 Å². The van der Waals surface area contributed by atoms with Gasteiger partial charge in [0.15, 0.2) is 0 Å². The maximum absolute atomic E-state index is 11.2. The predicted molar refractivity (Wildman–Crippen MR) is 59.5 cm³/mol. The number of amides is 1. The highest BCUT2D eigenvalue weighted by molar-refractivity contribution is 5.80. The maximum Gasteiger partial charge on any atom is 0.223 e. The van der Waals surface area contributed by atoms with Crippen LogP contribution < -0.4 is 10.6 Å². The third kappa shape index (κ3) is 5.14. The molecule has 0 aromatic rings. The van der Waals surface area contributed by atoms with Gasteiger partial charge in [-0.1, -0.05) is 13.8 Å². The predicted octanol–water partition coefficient (Wildman–Crippen LogP) is 0.121. The van der Waals surface area contributed by atoms with E-state index in [0.29, 0.717) is 12.5 Å². The molecular formula is C11H22N2O2. The second-order valence-electron chi connectivity index (χ2n) is 5.06. The lowest BCUT2D eigenvalue weighted by Crippen LogP contribution is -2.37. The third-order valence-corrected chi connectivity index (χ3v) is 2.58. The van der Waals surface area contributed by atoms with Crippen LogP contribution in [0.2, 0.25) is 0 Å². The zero-order chi connectivity index (χ0) is 11.3. The standard InChI is InChI=1S/C11H22N2O2/c1-11(2,8-14)7-12-5-6-13-10(15)9-3-4-9/h9,12,14H,3-8H2,1-2H3,(H,13,15). The number of rotatable bonds is 7. The van der Waals surface area contributed by atoms with E-state index in [0.717, 1.165) is 25.9 Å². The fraction of sp³-hybridized carbons (Fsp3) is 0.909. The molecule has 15 heavy (non-hydrogen) atoms. The summed E-state index contributed by atoms with van der Waals surface area (Å²) >= 11 is 0. The molecule has 4 heteroatoms. The fourth-order valence-electron chi connectivity index (χ4n) is 1.25. The van der Waals surface area contributed by atoms with Gasteiger partial charge in [0.2, 0.25) is 5.91 Å². The Labute approximate surface area is 91.4 Å². The molecule has 1 aliphatic carbocycles. The van der Waals surface area contributed by atoms with Crippen molar-refractivity contribution in [2.24, 2.45) is 11.3 Å². The lowest BCUT2D eigenvalue weighted by molar-refractivity contribution is -0.122. The van der Waals surface area contributed by atoms with Crippen LogP contribution in [0.3, 0.4) is 0 Å². The first-order valence-corrected chi connectivity index (χ1v) is 5.64. The van der Waals surface area contributed by atoms with E-state index in [2.05, 4.69) is 10.6 Å². The maximum atomic E-state index is 11.2. The van der Waals surface area contributed by atoms with Gasteiger partial charge >= 0.3 is 0 Å². The molecule has 0 aliphatic heterocycles. The Bertz CT molecular complexity index is 213. The average molecular weight is 214 g/mol. The van der Waals surface area contributed by atoms with Crippen LogP contribution in [0.4, 0.5) is 0 Å². The van der Waals surface area contributed by atoms with Crippen molar-refractivity contribution in [1.29, 1.82) is 0 Å². The van der Waals surface area contributed by atoms with Crippen LogP contribution in [0, 0.1) is 11.3 Å². The van der Waals surface area contributed by atoms with E-state index in [9.17, 15) is 4.79 Å². The van der Waals surface area contributed by atoms with Crippen LogP contribution in [0.25, 0.3) is 0 Å². The molecule has 3 N–H and O–H groups in total. The van der Waals surface area contributed by atoms with Crippen LogP contribution in [0.5, 0.6) is 0 Å². The van der Waals surface area contributed by atoms with Crippen molar-refractivity contribution in [1.82, 2.24) is 10.6 Å². The summed E-state index contributed by atoms with van der Waals surface area (Å²) in [4.78, 5) is 11.2. The molecule has 0 saturated heterocycles. The van der Waals surface area contributed by atoms with Crippen LogP contribution in [0.15, 0.2) is 0 Å². The molecule has 4 nitrogen and oxygen atoms in total. The van der Waals surface area contributed by atoms with E-state index in [-0.39, 0.29) is 17.9 Å². The van der Waals surface area contributed by atoms with Gasteiger partial charge in [-0.15, -0.1) is 0 Å². The summed E-state index contributed by atoms with van der Waals surface area (Å²) in [5.74, 6) is 0.483. The zero-order valence-corrected chi connectivity index (χ0v) is 9.68. The first-order valence-electron chi connectivity index (χ1n) is 5.64. The number of hydrogen-bond acceptors (Lipinski definition) is 3. The Morgan fingerprint density at radius 2 is 2.07 bits per heavy atom. The Hall–Kier alpha value is -0.610. The van der Waals surface area contributed by atoms with E-state index in [1.807, 2.05) is 13.8 Å². The van der Waals surface area contributed by atoms with Crippen molar-refractivity contribution in [2.75, 3.05) is 26.2 Å². The molecule has 0 atom stereocenters. The van der Waals surface area contributed by atoms with Gasteiger partial charge in [-0.3, -0.25) is 4.79 Å². The molecular weight excluding hydrogens is 192 g/mol. The number of carbonyl (C=O) groups excluding carboxylic acids is 1. The van der Waals surface area contributed by atoms with Gasteiger partial charge in [-0.05, 0) is 12.8 Å². The molecule has 0 bridgehead atoms. The molecule has 1 aliphatic rings. The molecule has 1 saturated carbocycles. The molecule has 1 rings (SSSR count). The summed E-state index contributed by atoms with van der Waals surface area (Å²) in [5, 5.41) is 15.1. The summed E-state index contributed by atoms with van der Waals surface area (Å²) in [6.45, 7) is 6.39. The molecule has 0 unspecified atom stereocenters. The molecule has 0 aromatic heterocycles. The van der Waals surface area contributed by atoms with Gasteiger partial charge in [0.25, 0.3) is 0 Å². The number of aliphatic hydroxyl groups is 1. The van der Waals surface area contributed by atoms with Gasteiger partial charge in [0, 0.05) is 37.6 Å². The molecule has 0 spiro atoms. The van der Waals surface area contributed by atoms with Crippen LogP contribution >= 0.6 is 0 Å². The van der Waals surface area contributed by atoms with Crippen LogP contribution in [-0.2, 0) is 4.79 Å². The Morgan fingerprint density at radius 3 is 2.60 bits per heavy atom. The molecule has 0 aromatic carbocycles. The smallest absolute Gasteiger partial charge is 0.223 e. The summed E-state index contributed by atoms with van der Waals surface area (Å²) in [5.41, 5.74) is -0.0828. The van der Waals surface area contributed by atoms with E-state index in [1.54, 1.807) is 0 Å². The van der Waals surface area contributed by atoms with Crippen LogP contribution in [-0.4, -0.2) is 37.3 Å². The minimum Gasteiger partial charge on any atom is -0.396 e. The minimum absolute atomic E-state index is 0.0828. The minimum atomic E-state index is -0.0828. The Kier molecular flexibility index (Phi) is 4.54. The van der Waals surface area contributed by atoms with E-state index in [4.69, 9.17) is 5.11 Å². The molecule has 1 fully saturated rings. The number of carbonyl (C=O) groups is 1. The van der Waals surface area contributed by atoms with Crippen LogP contribution in [0.1, 0.15) is 26.7 Å². The SMILES string of the molecule is CC(C)(CO)CNCCNC(=O)C1CC1. The third-order valence-electron chi connectivity index (χ3n) is 2.58. The van der Waals surface area contributed by atoms with Crippen molar-refractivity contribution < 1.29 is 9.90 Å². The monoisotopic (exact) mass is 214 g/mol. The van der Waals surface area contributed by atoms with E-state index in [1.165, 1.54) is 0 Å². The van der Waals surface area contributed by atoms with Gasteiger partial charge in [0.05, 0.1) is 0 Å². The summed E-state index contributed by atoms with van der Waals surface area (Å²) in [6.07, 6.45) is 2.10. The zero-order valence-electron chi connectivity index (χ0n) is 9.68. The second kappa shape index (κ2) is 5.47. The highest BCUT2D eigenvalue weighted by atomic mass is 16.3. The summed E-state index contributed by atoms with van der Waals surface area (Å²) < 4.78 is 0. The normalized spacial score (nSPS) is 16.5. The van der Waals surface area contributed by atoms with Crippen molar-refractivity contribution in [3.63, 3.8) is 0 Å². The molecule has 0 radical (unpaired) electrons. The topological polar surface area (TPSA) is 61.4 Å². The molecule has 0 heterocycles. The number of nitrogens with one attached hydrogen (secondary N) is 2. The van der Waals surface area contributed by atoms with Crippen molar-refractivity contribution in [3.05, 3.63) is 0 Å². The quantitative estimate of drug-likeness (QED) is 0.528.